The molecule has 1 aromatic heterocycles. The van der Waals surface area contributed by atoms with Crippen LogP contribution in [0.1, 0.15) is 45.8 Å². The quantitative estimate of drug-likeness (QED) is 0.559. The van der Waals surface area contributed by atoms with Crippen molar-refractivity contribution in [1.29, 1.82) is 0 Å². The number of carbonyl (C=O) groups is 2. The largest absolute Gasteiger partial charge is 0.465 e. The molecule has 9 heteroatoms. The van der Waals surface area contributed by atoms with Gasteiger partial charge in [-0.2, -0.15) is 0 Å². The number of hydrogen-bond acceptors (Lipinski definition) is 6. The Morgan fingerprint density at radius 3 is 2.61 bits per heavy atom. The van der Waals surface area contributed by atoms with Crippen molar-refractivity contribution in [2.24, 2.45) is 0 Å². The first-order valence-corrected chi connectivity index (χ1v) is 11.1. The number of halogens is 1. The van der Waals surface area contributed by atoms with Crippen LogP contribution in [0.3, 0.4) is 0 Å². The summed E-state index contributed by atoms with van der Waals surface area (Å²) in [4.78, 5) is 30.5. The third-order valence-corrected chi connectivity index (χ3v) is 6.10. The van der Waals surface area contributed by atoms with E-state index >= 15 is 0 Å². The number of amides is 1. The van der Waals surface area contributed by atoms with Gasteiger partial charge in [-0.1, -0.05) is 18.0 Å². The summed E-state index contributed by atoms with van der Waals surface area (Å²) in [6.45, 7) is 0.831. The van der Waals surface area contributed by atoms with Gasteiger partial charge in [-0.3, -0.25) is 4.79 Å². The highest BCUT2D eigenvalue weighted by atomic mass is 35.5. The van der Waals surface area contributed by atoms with Gasteiger partial charge in [-0.15, -0.1) is 0 Å². The molecule has 0 atom stereocenters. The van der Waals surface area contributed by atoms with Crippen molar-refractivity contribution in [3.05, 3.63) is 58.4 Å². The number of benzene rings is 2. The first-order chi connectivity index (χ1) is 16.0. The Labute approximate surface area is 195 Å². The Hall–Kier alpha value is -3.52. The normalized spacial score (nSPS) is 14.4. The van der Waals surface area contributed by atoms with Crippen molar-refractivity contribution in [3.8, 4) is 22.9 Å². The molecule has 0 saturated carbocycles. The summed E-state index contributed by atoms with van der Waals surface area (Å²) >= 11 is 6.06. The lowest BCUT2D eigenvalue weighted by Crippen LogP contribution is -2.18. The molecule has 2 aromatic carbocycles. The molecule has 2 aliphatic rings. The van der Waals surface area contributed by atoms with Crippen LogP contribution < -0.4 is 14.8 Å². The average molecular weight is 468 g/mol. The van der Waals surface area contributed by atoms with Gasteiger partial charge in [0.2, 0.25) is 6.79 Å². The number of imidazole rings is 1. The molecule has 170 valence electrons. The van der Waals surface area contributed by atoms with Crippen LogP contribution in [0.5, 0.6) is 11.5 Å². The standard InChI is InChI=1S/C24H22ClN3O5/c1-31-24(30)16-11-19-20(33-13-32-19)12-17(16)26-23(29)21-18-5-3-2-4-10-28(18)22(27-21)14-6-8-15(25)9-7-14/h6-9,11-12H,2-5,10,13H2,1H3,(H,26,29). The number of rotatable bonds is 4. The number of esters is 1. The van der Waals surface area contributed by atoms with E-state index in [1.165, 1.54) is 13.2 Å². The van der Waals surface area contributed by atoms with Crippen LogP contribution in [0.15, 0.2) is 36.4 Å². The van der Waals surface area contributed by atoms with Crippen molar-refractivity contribution in [2.45, 2.75) is 32.2 Å². The summed E-state index contributed by atoms with van der Waals surface area (Å²) in [5.74, 6) is 0.615. The van der Waals surface area contributed by atoms with Crippen molar-refractivity contribution >= 4 is 29.2 Å². The molecular formula is C24H22ClN3O5. The van der Waals surface area contributed by atoms with E-state index in [9.17, 15) is 9.59 Å². The molecule has 0 fully saturated rings. The number of methoxy groups -OCH3 is 1. The highest BCUT2D eigenvalue weighted by molar-refractivity contribution is 6.30. The molecule has 1 amide bonds. The molecule has 1 N–H and O–H groups in total. The predicted octanol–water partition coefficient (Wildman–Crippen LogP) is 4.70. The SMILES string of the molecule is COC(=O)c1cc2c(cc1NC(=O)c1nc(-c3ccc(Cl)cc3)n3c1CCCCC3)OCO2. The second-order valence-corrected chi connectivity index (χ2v) is 8.33. The van der Waals surface area contributed by atoms with E-state index in [0.717, 1.165) is 49.3 Å². The van der Waals surface area contributed by atoms with Crippen molar-refractivity contribution < 1.29 is 23.8 Å². The van der Waals surface area contributed by atoms with Gasteiger partial charge in [0.05, 0.1) is 24.1 Å². The number of nitrogens with one attached hydrogen (secondary N) is 1. The van der Waals surface area contributed by atoms with E-state index in [0.29, 0.717) is 22.2 Å². The van der Waals surface area contributed by atoms with E-state index in [2.05, 4.69) is 9.88 Å². The third kappa shape index (κ3) is 4.02. The van der Waals surface area contributed by atoms with E-state index in [1.54, 1.807) is 6.07 Å². The van der Waals surface area contributed by atoms with Gasteiger partial charge < -0.3 is 24.1 Å². The highest BCUT2D eigenvalue weighted by Gasteiger charge is 2.27. The number of anilines is 1. The maximum atomic E-state index is 13.4. The summed E-state index contributed by atoms with van der Waals surface area (Å²) in [6.07, 6.45) is 3.81. The Balaban J connectivity index is 1.54. The molecule has 0 spiro atoms. The lowest BCUT2D eigenvalue weighted by Gasteiger charge is -2.11. The summed E-state index contributed by atoms with van der Waals surface area (Å²) < 4.78 is 17.8. The van der Waals surface area contributed by atoms with Gasteiger partial charge in [0.25, 0.3) is 5.91 Å². The minimum Gasteiger partial charge on any atom is -0.465 e. The van der Waals surface area contributed by atoms with Gasteiger partial charge >= 0.3 is 5.97 Å². The fraction of sp³-hybridized carbons (Fsp3) is 0.292. The zero-order chi connectivity index (χ0) is 22.9. The third-order valence-electron chi connectivity index (χ3n) is 5.85. The number of aromatic nitrogens is 2. The average Bonchev–Trinajstić information content (AvgIpc) is 3.35. The maximum absolute atomic E-state index is 13.4. The first kappa shape index (κ1) is 21.3. The zero-order valence-corrected chi connectivity index (χ0v) is 18.8. The van der Waals surface area contributed by atoms with Crippen LogP contribution in [-0.2, 0) is 17.7 Å². The molecule has 0 radical (unpaired) electrons. The Morgan fingerprint density at radius 1 is 1.09 bits per heavy atom. The van der Waals surface area contributed by atoms with Gasteiger partial charge in [0, 0.05) is 29.3 Å². The molecule has 0 bridgehead atoms. The summed E-state index contributed by atoms with van der Waals surface area (Å²) in [7, 11) is 1.28. The van der Waals surface area contributed by atoms with Gasteiger partial charge in [0.15, 0.2) is 11.5 Å². The smallest absolute Gasteiger partial charge is 0.340 e. The monoisotopic (exact) mass is 467 g/mol. The molecule has 3 aromatic rings. The van der Waals surface area contributed by atoms with Crippen molar-refractivity contribution in [2.75, 3.05) is 19.2 Å². The highest BCUT2D eigenvalue weighted by Crippen LogP contribution is 2.38. The minimum atomic E-state index is -0.589. The van der Waals surface area contributed by atoms with Crippen LogP contribution in [0, 0.1) is 0 Å². The van der Waals surface area contributed by atoms with E-state index in [4.69, 9.17) is 30.8 Å². The Bertz CT molecular complexity index is 1240. The van der Waals surface area contributed by atoms with E-state index < -0.39 is 11.9 Å². The lowest BCUT2D eigenvalue weighted by molar-refractivity contribution is 0.0601. The molecule has 0 unspecified atom stereocenters. The first-order valence-electron chi connectivity index (χ1n) is 10.7. The molecule has 33 heavy (non-hydrogen) atoms. The lowest BCUT2D eigenvalue weighted by atomic mass is 10.1. The molecule has 8 nitrogen and oxygen atoms in total. The number of carbonyl (C=O) groups excluding carboxylic acids is 2. The van der Waals surface area contributed by atoms with E-state index in [1.807, 2.05) is 24.3 Å². The number of ether oxygens (including phenoxy) is 3. The van der Waals surface area contributed by atoms with Crippen LogP contribution >= 0.6 is 11.6 Å². The van der Waals surface area contributed by atoms with Crippen LogP contribution in [0.25, 0.3) is 11.4 Å². The fourth-order valence-corrected chi connectivity index (χ4v) is 4.35. The Morgan fingerprint density at radius 2 is 1.85 bits per heavy atom. The van der Waals surface area contributed by atoms with Gasteiger partial charge in [-0.25, -0.2) is 9.78 Å². The molecule has 2 aliphatic heterocycles. The maximum Gasteiger partial charge on any atom is 0.340 e. The second-order valence-electron chi connectivity index (χ2n) is 7.90. The van der Waals surface area contributed by atoms with Gasteiger partial charge in [-0.05, 0) is 43.5 Å². The van der Waals surface area contributed by atoms with Crippen LogP contribution in [0.4, 0.5) is 5.69 Å². The summed E-state index contributed by atoms with van der Waals surface area (Å²) in [6, 6.07) is 10.5. The number of hydrogen-bond donors (Lipinski definition) is 1. The summed E-state index contributed by atoms with van der Waals surface area (Å²) in [5, 5.41) is 3.48. The Kier molecular flexibility index (Phi) is 5.68. The molecule has 3 heterocycles. The molecule has 0 saturated heterocycles. The number of fused-ring (bicyclic) bond motifs is 2. The molecule has 5 rings (SSSR count). The second kappa shape index (κ2) is 8.78. The topological polar surface area (TPSA) is 91.7 Å². The fourth-order valence-electron chi connectivity index (χ4n) is 4.23. The molecular weight excluding hydrogens is 446 g/mol. The number of nitrogens with zero attached hydrogens (tertiary/aromatic N) is 2. The predicted molar refractivity (Wildman–Crippen MR) is 122 cm³/mol. The summed E-state index contributed by atoms with van der Waals surface area (Å²) in [5.41, 5.74) is 2.57. The van der Waals surface area contributed by atoms with E-state index in [-0.39, 0.29) is 18.0 Å². The van der Waals surface area contributed by atoms with Crippen molar-refractivity contribution in [1.82, 2.24) is 9.55 Å². The molecule has 0 aliphatic carbocycles. The van der Waals surface area contributed by atoms with Crippen LogP contribution in [-0.4, -0.2) is 35.3 Å². The zero-order valence-electron chi connectivity index (χ0n) is 18.0. The van der Waals surface area contributed by atoms with Crippen LogP contribution in [0.2, 0.25) is 5.02 Å². The minimum absolute atomic E-state index is 0.0480. The van der Waals surface area contributed by atoms with Gasteiger partial charge in [0.1, 0.15) is 11.5 Å². The van der Waals surface area contributed by atoms with Crippen molar-refractivity contribution in [3.63, 3.8) is 0 Å².